The van der Waals surface area contributed by atoms with Crippen LogP contribution in [0.25, 0.3) is 10.2 Å². The lowest BCUT2D eigenvalue weighted by molar-refractivity contribution is -0.137. The molecule has 0 spiro atoms. The van der Waals surface area contributed by atoms with Gasteiger partial charge in [-0.3, -0.25) is 4.79 Å². The molecular weight excluding hydrogens is 308 g/mol. The van der Waals surface area contributed by atoms with Gasteiger partial charge in [0.2, 0.25) is 5.91 Å². The van der Waals surface area contributed by atoms with E-state index in [-0.39, 0.29) is 5.92 Å². The molecule has 2 saturated heterocycles. The van der Waals surface area contributed by atoms with Crippen LogP contribution < -0.4 is 4.90 Å². The first kappa shape index (κ1) is 14.9. The highest BCUT2D eigenvalue weighted by molar-refractivity contribution is 7.17. The van der Waals surface area contributed by atoms with Gasteiger partial charge >= 0.3 is 0 Å². The van der Waals surface area contributed by atoms with E-state index in [2.05, 4.69) is 25.1 Å². The number of carbonyl (C=O) groups excluding carboxylic acids is 1. The van der Waals surface area contributed by atoms with E-state index in [9.17, 15) is 4.79 Å². The van der Waals surface area contributed by atoms with Crippen molar-refractivity contribution in [2.75, 3.05) is 31.1 Å². The van der Waals surface area contributed by atoms with Crippen molar-refractivity contribution in [2.45, 2.75) is 32.1 Å². The van der Waals surface area contributed by atoms with Crippen molar-refractivity contribution in [3.05, 3.63) is 17.8 Å². The molecule has 6 heteroatoms. The zero-order valence-corrected chi connectivity index (χ0v) is 14.1. The number of aromatic nitrogens is 2. The van der Waals surface area contributed by atoms with E-state index in [1.165, 1.54) is 19.3 Å². The fourth-order valence-electron chi connectivity index (χ4n) is 3.71. The highest BCUT2D eigenvalue weighted by Gasteiger charge is 2.30. The van der Waals surface area contributed by atoms with Gasteiger partial charge in [-0.15, -0.1) is 11.3 Å². The molecule has 2 fully saturated rings. The van der Waals surface area contributed by atoms with Crippen LogP contribution in [-0.4, -0.2) is 47.0 Å². The minimum absolute atomic E-state index is 0.199. The van der Waals surface area contributed by atoms with Gasteiger partial charge in [-0.1, -0.05) is 0 Å². The van der Waals surface area contributed by atoms with Gasteiger partial charge in [0, 0.05) is 32.1 Å². The van der Waals surface area contributed by atoms with E-state index in [1.807, 2.05) is 6.07 Å². The maximum atomic E-state index is 12.7. The molecule has 2 aliphatic heterocycles. The minimum Gasteiger partial charge on any atom is -0.355 e. The van der Waals surface area contributed by atoms with Crippen LogP contribution in [0.3, 0.4) is 0 Å². The number of rotatable bonds is 2. The predicted octanol–water partition coefficient (Wildman–Crippen LogP) is 2.92. The first-order chi connectivity index (χ1) is 11.3. The van der Waals surface area contributed by atoms with Gasteiger partial charge in [0.1, 0.15) is 12.1 Å². The Morgan fingerprint density at radius 1 is 1.09 bits per heavy atom. The second-order valence-electron chi connectivity index (χ2n) is 6.48. The normalized spacial score (nSPS) is 20.2. The molecule has 0 atom stereocenters. The average molecular weight is 330 g/mol. The predicted molar refractivity (Wildman–Crippen MR) is 92.8 cm³/mol. The van der Waals surface area contributed by atoms with Gasteiger partial charge in [0.25, 0.3) is 0 Å². The fourth-order valence-corrected chi connectivity index (χ4v) is 4.57. The Morgan fingerprint density at radius 2 is 1.87 bits per heavy atom. The summed E-state index contributed by atoms with van der Waals surface area (Å²) in [4.78, 5) is 25.9. The number of hydrogen-bond donors (Lipinski definition) is 0. The molecule has 0 N–H and O–H groups in total. The smallest absolute Gasteiger partial charge is 0.225 e. The Bertz CT molecular complexity index is 687. The van der Waals surface area contributed by atoms with Gasteiger partial charge in [-0.2, -0.15) is 0 Å². The fraction of sp³-hybridized carbons (Fsp3) is 0.588. The van der Waals surface area contributed by atoms with Crippen molar-refractivity contribution < 1.29 is 4.79 Å². The summed E-state index contributed by atoms with van der Waals surface area (Å²) in [7, 11) is 0. The number of carbonyl (C=O) groups is 1. The molecular formula is C17H22N4OS. The standard InChI is InChI=1S/C17H22N4OS/c22-17(21-7-2-1-3-8-21)13-4-9-20(10-5-13)16-15-14(6-11-23-15)18-12-19-16/h6,11-13H,1-5,7-10H2. The summed E-state index contributed by atoms with van der Waals surface area (Å²) in [5.41, 5.74) is 1.02. The maximum Gasteiger partial charge on any atom is 0.225 e. The lowest BCUT2D eigenvalue weighted by Crippen LogP contribution is -2.44. The molecule has 2 aromatic heterocycles. The lowest BCUT2D eigenvalue weighted by Gasteiger charge is -2.36. The summed E-state index contributed by atoms with van der Waals surface area (Å²) < 4.78 is 1.16. The maximum absolute atomic E-state index is 12.7. The van der Waals surface area contributed by atoms with Crippen molar-refractivity contribution in [1.29, 1.82) is 0 Å². The minimum atomic E-state index is 0.199. The summed E-state index contributed by atoms with van der Waals surface area (Å²) in [5, 5.41) is 2.06. The zero-order valence-electron chi connectivity index (χ0n) is 13.3. The third kappa shape index (κ3) is 2.92. The molecule has 5 nitrogen and oxygen atoms in total. The molecule has 0 aliphatic carbocycles. The zero-order chi connectivity index (χ0) is 15.6. The summed E-state index contributed by atoms with van der Waals surface area (Å²) >= 11 is 1.70. The van der Waals surface area contributed by atoms with E-state index in [1.54, 1.807) is 17.7 Å². The van der Waals surface area contributed by atoms with E-state index in [0.717, 1.165) is 55.1 Å². The summed E-state index contributed by atoms with van der Waals surface area (Å²) in [6.07, 6.45) is 7.13. The van der Waals surface area contributed by atoms with Crippen LogP contribution >= 0.6 is 11.3 Å². The number of hydrogen-bond acceptors (Lipinski definition) is 5. The SMILES string of the molecule is O=C(C1CCN(c2ncnc3ccsc23)CC1)N1CCCCC1. The lowest BCUT2D eigenvalue weighted by atomic mass is 9.94. The molecule has 23 heavy (non-hydrogen) atoms. The molecule has 4 rings (SSSR count). The molecule has 0 aromatic carbocycles. The molecule has 0 saturated carbocycles. The molecule has 0 radical (unpaired) electrons. The number of piperidine rings is 2. The Labute approximate surface area is 140 Å². The summed E-state index contributed by atoms with van der Waals surface area (Å²) in [6.45, 7) is 3.74. The molecule has 4 heterocycles. The number of nitrogens with zero attached hydrogens (tertiary/aromatic N) is 4. The average Bonchev–Trinajstić information content (AvgIpc) is 3.11. The molecule has 0 bridgehead atoms. The van der Waals surface area contributed by atoms with Crippen molar-refractivity contribution in [3.8, 4) is 0 Å². The van der Waals surface area contributed by atoms with Crippen molar-refractivity contribution >= 4 is 33.3 Å². The van der Waals surface area contributed by atoms with E-state index < -0.39 is 0 Å². The number of fused-ring (bicyclic) bond motifs is 1. The van der Waals surface area contributed by atoms with Gasteiger partial charge in [0.15, 0.2) is 0 Å². The van der Waals surface area contributed by atoms with E-state index in [4.69, 9.17) is 0 Å². The number of likely N-dealkylation sites (tertiary alicyclic amines) is 1. The monoisotopic (exact) mass is 330 g/mol. The Morgan fingerprint density at radius 3 is 2.65 bits per heavy atom. The Balaban J connectivity index is 1.42. The van der Waals surface area contributed by atoms with Crippen LogP contribution in [0.1, 0.15) is 32.1 Å². The summed E-state index contributed by atoms with van der Waals surface area (Å²) in [6, 6.07) is 2.04. The third-order valence-electron chi connectivity index (χ3n) is 5.04. The van der Waals surface area contributed by atoms with Crippen LogP contribution in [0.4, 0.5) is 5.82 Å². The third-order valence-corrected chi connectivity index (χ3v) is 5.94. The van der Waals surface area contributed by atoms with Crippen LogP contribution in [0.2, 0.25) is 0 Å². The molecule has 2 aliphatic rings. The number of anilines is 1. The second kappa shape index (κ2) is 6.43. The molecule has 1 amide bonds. The quantitative estimate of drug-likeness (QED) is 0.849. The van der Waals surface area contributed by atoms with Crippen LogP contribution in [0, 0.1) is 5.92 Å². The largest absolute Gasteiger partial charge is 0.355 e. The Hall–Kier alpha value is -1.69. The van der Waals surface area contributed by atoms with E-state index >= 15 is 0 Å². The first-order valence-corrected chi connectivity index (χ1v) is 9.43. The molecule has 0 unspecified atom stereocenters. The van der Waals surface area contributed by atoms with Gasteiger partial charge in [0.05, 0.1) is 10.2 Å². The van der Waals surface area contributed by atoms with Gasteiger partial charge in [-0.05, 0) is 43.6 Å². The van der Waals surface area contributed by atoms with Crippen LogP contribution in [-0.2, 0) is 4.79 Å². The van der Waals surface area contributed by atoms with Crippen LogP contribution in [0.15, 0.2) is 17.8 Å². The summed E-state index contributed by atoms with van der Waals surface area (Å²) in [5.74, 6) is 1.62. The van der Waals surface area contributed by atoms with E-state index in [0.29, 0.717) is 5.91 Å². The Kier molecular flexibility index (Phi) is 4.16. The number of thiophene rings is 1. The highest BCUT2D eigenvalue weighted by atomic mass is 32.1. The first-order valence-electron chi connectivity index (χ1n) is 8.55. The second-order valence-corrected chi connectivity index (χ2v) is 7.40. The van der Waals surface area contributed by atoms with Crippen molar-refractivity contribution in [1.82, 2.24) is 14.9 Å². The molecule has 122 valence electrons. The van der Waals surface area contributed by atoms with Gasteiger partial charge < -0.3 is 9.80 Å². The van der Waals surface area contributed by atoms with Crippen molar-refractivity contribution in [3.63, 3.8) is 0 Å². The highest BCUT2D eigenvalue weighted by Crippen LogP contribution is 2.31. The van der Waals surface area contributed by atoms with Crippen LogP contribution in [0.5, 0.6) is 0 Å². The van der Waals surface area contributed by atoms with Crippen molar-refractivity contribution in [2.24, 2.45) is 5.92 Å². The number of amides is 1. The van der Waals surface area contributed by atoms with Gasteiger partial charge in [-0.25, -0.2) is 9.97 Å². The topological polar surface area (TPSA) is 49.3 Å². The molecule has 2 aromatic rings.